The number of rotatable bonds is 5. The average Bonchev–Trinajstić information content (AvgIpc) is 2.84. The van der Waals surface area contributed by atoms with Crippen LogP contribution >= 0.6 is 11.6 Å². The van der Waals surface area contributed by atoms with Gasteiger partial charge in [0.1, 0.15) is 0 Å². The number of anilines is 1. The van der Waals surface area contributed by atoms with Crippen molar-refractivity contribution in [1.29, 1.82) is 0 Å². The lowest BCUT2D eigenvalue weighted by Gasteiger charge is -2.09. The molecule has 0 aliphatic heterocycles. The molecule has 1 N–H and O–H groups in total. The van der Waals surface area contributed by atoms with Crippen molar-refractivity contribution < 1.29 is 27.5 Å². The molecule has 2 aromatic rings. The van der Waals surface area contributed by atoms with Crippen LogP contribution in [-0.4, -0.2) is 28.3 Å². The van der Waals surface area contributed by atoms with Gasteiger partial charge in [0.25, 0.3) is 5.91 Å². The summed E-state index contributed by atoms with van der Waals surface area (Å²) in [7, 11) is 1.73. The third kappa shape index (κ3) is 5.35. The lowest BCUT2D eigenvalue weighted by Crippen LogP contribution is -2.20. The van der Waals surface area contributed by atoms with E-state index in [1.807, 2.05) is 0 Å². The second-order valence-electron chi connectivity index (χ2n) is 5.90. The summed E-state index contributed by atoms with van der Waals surface area (Å²) in [6.07, 6.45) is -2.54. The van der Waals surface area contributed by atoms with Gasteiger partial charge >= 0.3 is 12.1 Å². The van der Waals surface area contributed by atoms with E-state index in [4.69, 9.17) is 16.3 Å². The third-order valence-electron chi connectivity index (χ3n) is 3.83. The number of alkyl halides is 3. The van der Waals surface area contributed by atoms with Crippen LogP contribution in [0.4, 0.5) is 18.9 Å². The first-order chi connectivity index (χ1) is 13.0. The minimum absolute atomic E-state index is 0.111. The number of carbonyl (C=O) groups is 2. The number of aryl methyl sites for hydroxylation is 2. The fourth-order valence-electron chi connectivity index (χ4n) is 2.34. The van der Waals surface area contributed by atoms with Gasteiger partial charge < -0.3 is 10.1 Å². The number of ether oxygens (including phenoxy) is 1. The van der Waals surface area contributed by atoms with Gasteiger partial charge in [-0.05, 0) is 37.6 Å². The number of aromatic nitrogens is 2. The second-order valence-corrected chi connectivity index (χ2v) is 6.30. The zero-order chi connectivity index (χ0) is 21.1. The quantitative estimate of drug-likeness (QED) is 0.593. The monoisotopic (exact) mass is 415 g/mol. The smallest absolute Gasteiger partial charge is 0.417 e. The van der Waals surface area contributed by atoms with E-state index in [1.54, 1.807) is 25.6 Å². The van der Waals surface area contributed by atoms with Crippen molar-refractivity contribution in [2.75, 3.05) is 11.9 Å². The molecule has 0 spiro atoms. The number of esters is 1. The van der Waals surface area contributed by atoms with Crippen LogP contribution in [-0.2, 0) is 27.5 Å². The molecule has 10 heteroatoms. The summed E-state index contributed by atoms with van der Waals surface area (Å²) in [6.45, 7) is 2.94. The van der Waals surface area contributed by atoms with Crippen LogP contribution < -0.4 is 5.32 Å². The average molecular weight is 416 g/mol. The van der Waals surface area contributed by atoms with Gasteiger partial charge in [-0.1, -0.05) is 17.7 Å². The Morgan fingerprint density at radius 1 is 1.32 bits per heavy atom. The summed E-state index contributed by atoms with van der Waals surface area (Å²) in [6, 6.07) is 3.22. The van der Waals surface area contributed by atoms with Gasteiger partial charge in [0.2, 0.25) is 0 Å². The molecule has 0 atom stereocenters. The van der Waals surface area contributed by atoms with Crippen molar-refractivity contribution in [3.63, 3.8) is 0 Å². The SMILES string of the molecule is Cc1nn(C)c(C)c1NC(=O)COC(=O)/C=C/c1ccc(Cl)c(C(F)(F)F)c1. The number of nitrogens with zero attached hydrogens (tertiary/aromatic N) is 2. The number of hydrogen-bond donors (Lipinski definition) is 1. The molecule has 1 amide bonds. The molecule has 150 valence electrons. The summed E-state index contributed by atoms with van der Waals surface area (Å²) in [5.74, 6) is -1.44. The first kappa shape index (κ1) is 21.5. The van der Waals surface area contributed by atoms with Crippen LogP contribution in [0.1, 0.15) is 22.5 Å². The highest BCUT2D eigenvalue weighted by molar-refractivity contribution is 6.31. The molecular weight excluding hydrogens is 399 g/mol. The normalized spacial score (nSPS) is 11.7. The van der Waals surface area contributed by atoms with Gasteiger partial charge in [0.15, 0.2) is 6.61 Å². The molecule has 0 fully saturated rings. The topological polar surface area (TPSA) is 73.2 Å². The minimum Gasteiger partial charge on any atom is -0.452 e. The lowest BCUT2D eigenvalue weighted by atomic mass is 10.1. The molecular formula is C18H17ClF3N3O3. The zero-order valence-electron chi connectivity index (χ0n) is 15.2. The Balaban J connectivity index is 1.94. The van der Waals surface area contributed by atoms with Gasteiger partial charge in [0, 0.05) is 13.1 Å². The van der Waals surface area contributed by atoms with Crippen molar-refractivity contribution in [1.82, 2.24) is 9.78 Å². The molecule has 1 heterocycles. The Morgan fingerprint density at radius 3 is 2.57 bits per heavy atom. The molecule has 1 aromatic carbocycles. The summed E-state index contributed by atoms with van der Waals surface area (Å²) in [5.41, 5.74) is 0.981. The van der Waals surface area contributed by atoms with E-state index in [0.717, 1.165) is 30.0 Å². The maximum Gasteiger partial charge on any atom is 0.417 e. The number of hydrogen-bond acceptors (Lipinski definition) is 4. The molecule has 2 rings (SSSR count). The van der Waals surface area contributed by atoms with Gasteiger partial charge in [0.05, 0.1) is 27.7 Å². The first-order valence-electron chi connectivity index (χ1n) is 8.00. The van der Waals surface area contributed by atoms with E-state index in [1.165, 1.54) is 6.07 Å². The molecule has 28 heavy (non-hydrogen) atoms. The fraction of sp³-hybridized carbons (Fsp3) is 0.278. The molecule has 6 nitrogen and oxygen atoms in total. The van der Waals surface area contributed by atoms with E-state index in [-0.39, 0.29) is 5.56 Å². The number of carbonyl (C=O) groups excluding carboxylic acids is 2. The van der Waals surface area contributed by atoms with Gasteiger partial charge in [-0.3, -0.25) is 9.48 Å². The van der Waals surface area contributed by atoms with E-state index >= 15 is 0 Å². The second kappa shape index (κ2) is 8.47. The van der Waals surface area contributed by atoms with Crippen LogP contribution in [0.2, 0.25) is 5.02 Å². The number of amides is 1. The minimum atomic E-state index is -4.61. The summed E-state index contributed by atoms with van der Waals surface area (Å²) in [4.78, 5) is 23.6. The zero-order valence-corrected chi connectivity index (χ0v) is 16.0. The molecule has 0 saturated heterocycles. The molecule has 0 bridgehead atoms. The first-order valence-corrected chi connectivity index (χ1v) is 8.38. The Labute approximate surface area is 163 Å². The van der Waals surface area contributed by atoms with Crippen LogP contribution in [0, 0.1) is 13.8 Å². The Kier molecular flexibility index (Phi) is 6.50. The number of benzene rings is 1. The molecule has 0 saturated carbocycles. The highest BCUT2D eigenvalue weighted by atomic mass is 35.5. The van der Waals surface area contributed by atoms with Crippen molar-refractivity contribution >= 4 is 35.2 Å². The molecule has 0 aliphatic rings. The Hall–Kier alpha value is -2.81. The maximum atomic E-state index is 12.8. The number of halogens is 4. The van der Waals surface area contributed by atoms with Crippen LogP contribution in [0.15, 0.2) is 24.3 Å². The van der Waals surface area contributed by atoms with Gasteiger partial charge in [-0.2, -0.15) is 18.3 Å². The summed E-state index contributed by atoms with van der Waals surface area (Å²) < 4.78 is 44.9. The van der Waals surface area contributed by atoms with Crippen LogP contribution in [0.5, 0.6) is 0 Å². The molecule has 0 radical (unpaired) electrons. The van der Waals surface area contributed by atoms with E-state index in [0.29, 0.717) is 11.4 Å². The molecule has 1 aromatic heterocycles. The van der Waals surface area contributed by atoms with Crippen molar-refractivity contribution in [3.8, 4) is 0 Å². The van der Waals surface area contributed by atoms with Crippen LogP contribution in [0.3, 0.4) is 0 Å². The maximum absolute atomic E-state index is 12.8. The third-order valence-corrected chi connectivity index (χ3v) is 4.16. The summed E-state index contributed by atoms with van der Waals surface area (Å²) >= 11 is 5.53. The van der Waals surface area contributed by atoms with E-state index in [9.17, 15) is 22.8 Å². The predicted molar refractivity (Wildman–Crippen MR) is 97.8 cm³/mol. The fourth-order valence-corrected chi connectivity index (χ4v) is 2.57. The van der Waals surface area contributed by atoms with Crippen molar-refractivity contribution in [3.05, 3.63) is 51.8 Å². The molecule has 0 unspecified atom stereocenters. The van der Waals surface area contributed by atoms with Crippen molar-refractivity contribution in [2.24, 2.45) is 7.05 Å². The Morgan fingerprint density at radius 2 is 2.00 bits per heavy atom. The highest BCUT2D eigenvalue weighted by Crippen LogP contribution is 2.35. The van der Waals surface area contributed by atoms with E-state index in [2.05, 4.69) is 10.4 Å². The largest absolute Gasteiger partial charge is 0.452 e. The predicted octanol–water partition coefficient (Wildman–Crippen LogP) is 3.90. The summed E-state index contributed by atoms with van der Waals surface area (Å²) in [5, 5.41) is 6.30. The van der Waals surface area contributed by atoms with Crippen LogP contribution in [0.25, 0.3) is 6.08 Å². The Bertz CT molecular complexity index is 936. The lowest BCUT2D eigenvalue weighted by molar-refractivity contribution is -0.142. The highest BCUT2D eigenvalue weighted by Gasteiger charge is 2.33. The van der Waals surface area contributed by atoms with Gasteiger partial charge in [-0.25, -0.2) is 4.79 Å². The number of nitrogens with one attached hydrogen (secondary N) is 1. The molecule has 0 aliphatic carbocycles. The standard InChI is InChI=1S/C18H17ClF3N3O3/c1-10-17(11(2)25(3)24-10)23-15(26)9-28-16(27)7-5-12-4-6-14(19)13(8-12)18(20,21)22/h4-8H,9H2,1-3H3,(H,23,26)/b7-5+. The van der Waals surface area contributed by atoms with E-state index < -0.39 is 35.2 Å². The van der Waals surface area contributed by atoms with Gasteiger partial charge in [-0.15, -0.1) is 0 Å². The van der Waals surface area contributed by atoms with Crippen molar-refractivity contribution in [2.45, 2.75) is 20.0 Å².